The number of alkyl carbamates (subject to hydrolysis) is 1. The molecule has 1 aliphatic rings. The van der Waals surface area contributed by atoms with Gasteiger partial charge in [0.15, 0.2) is 0 Å². The smallest absolute Gasteiger partial charge is 0.408 e. The van der Waals surface area contributed by atoms with Gasteiger partial charge in [-0.05, 0) is 50.6 Å². The summed E-state index contributed by atoms with van der Waals surface area (Å²) < 4.78 is 11.0. The predicted molar refractivity (Wildman–Crippen MR) is 131 cm³/mol. The van der Waals surface area contributed by atoms with Crippen LogP contribution in [0.4, 0.5) is 4.79 Å². The average molecular weight is 537 g/mol. The largest absolute Gasteiger partial charge is 0.489 e. The number of nitrogens with one attached hydrogen (secondary N) is 1. The highest BCUT2D eigenvalue weighted by molar-refractivity contribution is 6.35. The van der Waals surface area contributed by atoms with Crippen molar-refractivity contribution < 1.29 is 33.5 Å². The fourth-order valence-electron chi connectivity index (χ4n) is 3.24. The highest BCUT2D eigenvalue weighted by Crippen LogP contribution is 2.26. The van der Waals surface area contributed by atoms with E-state index in [-0.39, 0.29) is 25.9 Å². The van der Waals surface area contributed by atoms with E-state index >= 15 is 0 Å². The third kappa shape index (κ3) is 7.60. The molecule has 3 rings (SSSR count). The predicted octanol–water partition coefficient (Wildman–Crippen LogP) is 4.62. The molecule has 0 unspecified atom stereocenters. The maximum Gasteiger partial charge on any atom is 0.408 e. The minimum absolute atomic E-state index is 0.00488. The molecule has 9 nitrogen and oxygen atoms in total. The van der Waals surface area contributed by atoms with Gasteiger partial charge in [-0.2, -0.15) is 0 Å². The normalized spacial score (nSPS) is 14.4. The summed E-state index contributed by atoms with van der Waals surface area (Å²) in [6, 6.07) is 10.7. The monoisotopic (exact) mass is 536 g/mol. The van der Waals surface area contributed by atoms with Gasteiger partial charge in [-0.3, -0.25) is 9.59 Å². The highest BCUT2D eigenvalue weighted by atomic mass is 35.5. The Bertz CT molecular complexity index is 1110. The second-order valence-electron chi connectivity index (χ2n) is 9.03. The average Bonchev–Trinajstić information content (AvgIpc) is 3.10. The summed E-state index contributed by atoms with van der Waals surface area (Å²) in [5, 5.41) is 3.87. The van der Waals surface area contributed by atoms with Gasteiger partial charge in [0.1, 0.15) is 24.0 Å². The van der Waals surface area contributed by atoms with Crippen LogP contribution in [0.2, 0.25) is 10.0 Å². The van der Waals surface area contributed by atoms with Crippen molar-refractivity contribution in [1.29, 1.82) is 0 Å². The summed E-state index contributed by atoms with van der Waals surface area (Å²) in [5.41, 5.74) is 0.499. The fourth-order valence-corrected chi connectivity index (χ4v) is 3.74. The van der Waals surface area contributed by atoms with Crippen LogP contribution in [0.25, 0.3) is 0 Å². The van der Waals surface area contributed by atoms with Gasteiger partial charge in [-0.25, -0.2) is 9.59 Å². The molecule has 1 fully saturated rings. The molecular weight excluding hydrogens is 511 g/mol. The Morgan fingerprint density at radius 2 is 1.58 bits per heavy atom. The standard InChI is InChI=1S/C25H26Cl2N2O7/c1-25(2,3)35-24(33)28-20(23(32)36-29-21(30)11-12-22(29)31)13-15-7-9-16(10-8-15)34-14-17-18(26)5-4-6-19(17)27/h4-10,20H,11-14H2,1-3H3,(H,28,33)/t20-/m0/s1. The van der Waals surface area contributed by atoms with E-state index in [1.54, 1.807) is 63.2 Å². The van der Waals surface area contributed by atoms with E-state index < -0.39 is 35.5 Å². The Balaban J connectivity index is 1.69. The highest BCUT2D eigenvalue weighted by Gasteiger charge is 2.36. The summed E-state index contributed by atoms with van der Waals surface area (Å²) in [5.74, 6) is -1.69. The van der Waals surface area contributed by atoms with Crippen molar-refractivity contribution in [2.75, 3.05) is 0 Å². The first-order valence-corrected chi connectivity index (χ1v) is 11.9. The first kappa shape index (κ1) is 27.3. The second kappa shape index (κ2) is 11.6. The molecule has 0 aliphatic carbocycles. The molecule has 36 heavy (non-hydrogen) atoms. The zero-order valence-electron chi connectivity index (χ0n) is 20.0. The molecule has 1 atom stereocenters. The number of rotatable bonds is 8. The summed E-state index contributed by atoms with van der Waals surface area (Å²) >= 11 is 12.3. The fraction of sp³-hybridized carbons (Fsp3) is 0.360. The van der Waals surface area contributed by atoms with Crippen LogP contribution in [-0.2, 0) is 37.0 Å². The number of carbonyl (C=O) groups is 4. The third-order valence-corrected chi connectivity index (χ3v) is 5.68. The van der Waals surface area contributed by atoms with E-state index in [1.165, 1.54) is 0 Å². The van der Waals surface area contributed by atoms with E-state index in [9.17, 15) is 19.2 Å². The molecule has 1 heterocycles. The number of nitrogens with zero attached hydrogens (tertiary/aromatic N) is 1. The van der Waals surface area contributed by atoms with Crippen molar-refractivity contribution in [3.05, 3.63) is 63.6 Å². The maximum absolute atomic E-state index is 12.8. The molecule has 1 aliphatic heterocycles. The molecule has 2 aromatic carbocycles. The van der Waals surface area contributed by atoms with Gasteiger partial charge in [0.25, 0.3) is 11.8 Å². The molecule has 192 valence electrons. The minimum Gasteiger partial charge on any atom is -0.489 e. The van der Waals surface area contributed by atoms with Crippen molar-refractivity contribution in [2.24, 2.45) is 0 Å². The van der Waals surface area contributed by atoms with E-state index in [0.29, 0.717) is 32.0 Å². The number of halogens is 2. The number of amides is 3. The molecule has 0 spiro atoms. The van der Waals surface area contributed by atoms with Crippen molar-refractivity contribution in [3.63, 3.8) is 0 Å². The topological polar surface area (TPSA) is 111 Å². The van der Waals surface area contributed by atoms with Crippen LogP contribution in [0.5, 0.6) is 5.75 Å². The molecule has 2 aromatic rings. The van der Waals surface area contributed by atoms with Gasteiger partial charge in [0, 0.05) is 34.9 Å². The summed E-state index contributed by atoms with van der Waals surface area (Å²) in [4.78, 5) is 53.8. The van der Waals surface area contributed by atoms with Gasteiger partial charge in [-0.1, -0.05) is 41.4 Å². The molecule has 0 bridgehead atoms. The third-order valence-electron chi connectivity index (χ3n) is 4.97. The van der Waals surface area contributed by atoms with Crippen LogP contribution in [-0.4, -0.2) is 40.6 Å². The number of benzene rings is 2. The molecule has 3 amide bonds. The van der Waals surface area contributed by atoms with Crippen LogP contribution < -0.4 is 10.1 Å². The van der Waals surface area contributed by atoms with Crippen LogP contribution >= 0.6 is 23.2 Å². The quantitative estimate of drug-likeness (QED) is 0.490. The zero-order valence-corrected chi connectivity index (χ0v) is 21.5. The Morgan fingerprint density at radius 3 is 2.14 bits per heavy atom. The molecule has 1 saturated heterocycles. The summed E-state index contributed by atoms with van der Waals surface area (Å²) in [7, 11) is 0. The van der Waals surface area contributed by atoms with Gasteiger partial charge >= 0.3 is 12.1 Å². The molecule has 0 aromatic heterocycles. The Labute approximate surface area is 218 Å². The summed E-state index contributed by atoms with van der Waals surface area (Å²) in [6.45, 7) is 5.19. The lowest BCUT2D eigenvalue weighted by atomic mass is 10.1. The van der Waals surface area contributed by atoms with Crippen LogP contribution in [0, 0.1) is 0 Å². The number of hydroxylamine groups is 2. The summed E-state index contributed by atoms with van der Waals surface area (Å²) in [6.07, 6.45) is -0.931. The number of carbonyl (C=O) groups excluding carboxylic acids is 4. The minimum atomic E-state index is -1.23. The lowest BCUT2D eigenvalue weighted by molar-refractivity contribution is -0.198. The van der Waals surface area contributed by atoms with E-state index in [2.05, 4.69) is 5.32 Å². The SMILES string of the molecule is CC(C)(C)OC(=O)N[C@@H](Cc1ccc(OCc2c(Cl)cccc2Cl)cc1)C(=O)ON1C(=O)CCC1=O. The molecule has 11 heteroatoms. The van der Waals surface area contributed by atoms with Crippen molar-refractivity contribution in [3.8, 4) is 5.75 Å². The molecular formula is C25H26Cl2N2O7. The first-order chi connectivity index (χ1) is 16.9. The van der Waals surface area contributed by atoms with Gasteiger partial charge in [-0.15, -0.1) is 5.06 Å². The van der Waals surface area contributed by atoms with Crippen LogP contribution in [0.15, 0.2) is 42.5 Å². The van der Waals surface area contributed by atoms with E-state index in [0.717, 1.165) is 0 Å². The lowest BCUT2D eigenvalue weighted by Crippen LogP contribution is -2.48. The van der Waals surface area contributed by atoms with Crippen molar-refractivity contribution >= 4 is 47.1 Å². The Hall–Kier alpha value is -3.30. The molecule has 1 N–H and O–H groups in total. The second-order valence-corrected chi connectivity index (χ2v) is 9.84. The van der Waals surface area contributed by atoms with Crippen molar-refractivity contribution in [2.45, 2.75) is 58.3 Å². The van der Waals surface area contributed by atoms with Crippen LogP contribution in [0.3, 0.4) is 0 Å². The van der Waals surface area contributed by atoms with Crippen LogP contribution in [0.1, 0.15) is 44.7 Å². The number of ether oxygens (including phenoxy) is 2. The Morgan fingerprint density at radius 1 is 1.00 bits per heavy atom. The number of imide groups is 1. The van der Waals surface area contributed by atoms with Gasteiger partial charge in [0.05, 0.1) is 0 Å². The number of hydrogen-bond acceptors (Lipinski definition) is 7. The first-order valence-electron chi connectivity index (χ1n) is 11.1. The van der Waals surface area contributed by atoms with Crippen molar-refractivity contribution in [1.82, 2.24) is 10.4 Å². The van der Waals surface area contributed by atoms with E-state index in [1.807, 2.05) is 0 Å². The zero-order chi connectivity index (χ0) is 26.5. The molecule has 0 saturated carbocycles. The number of hydrogen-bond donors (Lipinski definition) is 1. The lowest BCUT2D eigenvalue weighted by Gasteiger charge is -2.24. The van der Waals surface area contributed by atoms with E-state index in [4.69, 9.17) is 37.5 Å². The van der Waals surface area contributed by atoms with Gasteiger partial charge in [0.2, 0.25) is 0 Å². The Kier molecular flexibility index (Phi) is 8.81. The molecule has 0 radical (unpaired) electrons. The maximum atomic E-state index is 12.8. The van der Waals surface area contributed by atoms with Gasteiger partial charge < -0.3 is 19.6 Å².